The molecule has 2 saturated heterocycles. The summed E-state index contributed by atoms with van der Waals surface area (Å²) in [6.07, 6.45) is 7.46. The number of hydrogen-bond donors (Lipinski definition) is 0. The summed E-state index contributed by atoms with van der Waals surface area (Å²) in [4.78, 5) is 46.5. The van der Waals surface area contributed by atoms with E-state index in [1.807, 2.05) is 43.0 Å². The zero-order valence-electron chi connectivity index (χ0n) is 25.6. The fourth-order valence-corrected chi connectivity index (χ4v) is 8.03. The molecule has 0 aliphatic carbocycles. The normalized spacial score (nSPS) is 18.0. The molecule has 2 aliphatic heterocycles. The summed E-state index contributed by atoms with van der Waals surface area (Å²) in [7, 11) is -0.177. The number of hydrogen-bond acceptors (Lipinski definition) is 6. The maximum absolute atomic E-state index is 13.4. The van der Waals surface area contributed by atoms with Gasteiger partial charge >= 0.3 is 5.97 Å². The number of thiocarbonyl (C=S) groups is 1. The molecular weight excluding hydrogens is 603 g/mol. The number of amides is 2. The van der Waals surface area contributed by atoms with Crippen molar-refractivity contribution in [2.45, 2.75) is 54.7 Å². The Balaban J connectivity index is 1.28. The van der Waals surface area contributed by atoms with Crippen LogP contribution in [0.15, 0.2) is 119 Å². The number of carbonyl (C=O) groups excluding carboxylic acids is 3. The van der Waals surface area contributed by atoms with Crippen LogP contribution in [-0.2, 0) is 31.0 Å². The average molecular weight is 641 g/mol. The van der Waals surface area contributed by atoms with Gasteiger partial charge in [0.2, 0.25) is 0 Å². The van der Waals surface area contributed by atoms with Gasteiger partial charge in [0.25, 0.3) is 11.8 Å². The van der Waals surface area contributed by atoms with Crippen LogP contribution in [0.25, 0.3) is 0 Å². The first-order chi connectivity index (χ1) is 21.9. The topological polar surface area (TPSA) is 70.2 Å². The Morgan fingerprint density at radius 1 is 0.867 bits per heavy atom. The van der Waals surface area contributed by atoms with Crippen molar-refractivity contribution in [2.24, 2.45) is 0 Å². The number of esters is 1. The van der Waals surface area contributed by atoms with Gasteiger partial charge in [-0.3, -0.25) is 19.4 Å². The molecule has 9 heteroatoms. The number of likely N-dealkylation sites (N-methyl/N-ethyl adjacent to an activating group) is 2. The van der Waals surface area contributed by atoms with Crippen molar-refractivity contribution in [1.82, 2.24) is 14.7 Å². The largest absolute Gasteiger partial charge is 0.425 e. The molecule has 232 valence electrons. The molecule has 2 heterocycles. The average Bonchev–Trinajstić information content (AvgIpc) is 3.07. The van der Waals surface area contributed by atoms with E-state index in [1.54, 1.807) is 12.3 Å². The van der Waals surface area contributed by atoms with Crippen LogP contribution in [0, 0.1) is 0 Å². The summed E-state index contributed by atoms with van der Waals surface area (Å²) in [5, 5.41) is 0.232. The van der Waals surface area contributed by atoms with Gasteiger partial charge in [-0.05, 0) is 100 Å². The van der Waals surface area contributed by atoms with E-state index in [9.17, 15) is 14.4 Å². The second-order valence-electron chi connectivity index (χ2n) is 10.8. The molecule has 2 fully saturated rings. The minimum atomic E-state index is -0.463. The molecule has 2 atom stereocenters. The van der Waals surface area contributed by atoms with E-state index in [2.05, 4.69) is 60.7 Å². The van der Waals surface area contributed by atoms with Gasteiger partial charge in [-0.15, -0.1) is 0 Å². The zero-order chi connectivity index (χ0) is 31.8. The SMILES string of the molecule is CCN1C(=O)C(=C/C=C/N2CCCCC2C(=O)Oc2ccc([S+](Cc3ccccc3)c3ccccc3)cc2)C(=O)N(CC)C1=S. The maximum Gasteiger partial charge on any atom is 0.334 e. The molecule has 0 saturated carbocycles. The highest BCUT2D eigenvalue weighted by molar-refractivity contribution is 7.96. The molecule has 3 aromatic carbocycles. The lowest BCUT2D eigenvalue weighted by Crippen LogP contribution is -2.55. The van der Waals surface area contributed by atoms with Crippen LogP contribution in [0.3, 0.4) is 0 Å². The molecule has 0 N–H and O–H groups in total. The Morgan fingerprint density at radius 2 is 1.47 bits per heavy atom. The molecule has 3 aromatic rings. The van der Waals surface area contributed by atoms with Crippen LogP contribution in [-0.4, -0.2) is 63.3 Å². The van der Waals surface area contributed by atoms with Crippen molar-refractivity contribution in [3.8, 4) is 5.75 Å². The quantitative estimate of drug-likeness (QED) is 0.0665. The van der Waals surface area contributed by atoms with Gasteiger partial charge in [0, 0.05) is 25.2 Å². The molecule has 45 heavy (non-hydrogen) atoms. The summed E-state index contributed by atoms with van der Waals surface area (Å²) in [6.45, 7) is 5.08. The number of ether oxygens (including phenoxy) is 1. The first kappa shape index (κ1) is 32.2. The monoisotopic (exact) mass is 640 g/mol. The Kier molecular flexibility index (Phi) is 10.9. The van der Waals surface area contributed by atoms with Crippen LogP contribution in [0.5, 0.6) is 5.75 Å². The van der Waals surface area contributed by atoms with E-state index < -0.39 is 17.9 Å². The number of rotatable bonds is 10. The predicted octanol–water partition coefficient (Wildman–Crippen LogP) is 6.12. The van der Waals surface area contributed by atoms with Crippen molar-refractivity contribution in [3.05, 3.63) is 114 Å². The minimum Gasteiger partial charge on any atom is -0.425 e. The van der Waals surface area contributed by atoms with Gasteiger partial charge in [-0.25, -0.2) is 4.79 Å². The minimum absolute atomic E-state index is 0.0570. The molecule has 0 bridgehead atoms. The van der Waals surface area contributed by atoms with E-state index in [1.165, 1.54) is 31.2 Å². The van der Waals surface area contributed by atoms with E-state index in [0.29, 0.717) is 31.8 Å². The number of piperidine rings is 1. The summed E-state index contributed by atoms with van der Waals surface area (Å²) in [5.41, 5.74) is 1.33. The van der Waals surface area contributed by atoms with E-state index >= 15 is 0 Å². The van der Waals surface area contributed by atoms with Crippen molar-refractivity contribution >= 4 is 46.0 Å². The lowest BCUT2D eigenvalue weighted by molar-refractivity contribution is -0.140. The molecule has 2 amide bonds. The molecular formula is C36H38N3O4S2+. The third-order valence-corrected chi connectivity index (χ3v) is 10.7. The lowest BCUT2D eigenvalue weighted by atomic mass is 10.0. The Bertz CT molecular complexity index is 1550. The van der Waals surface area contributed by atoms with Gasteiger partial charge in [0.15, 0.2) is 14.9 Å². The smallest absolute Gasteiger partial charge is 0.334 e. The lowest BCUT2D eigenvalue weighted by Gasteiger charge is -2.35. The Morgan fingerprint density at radius 3 is 2.09 bits per heavy atom. The number of likely N-dealkylation sites (tertiary alicyclic amines) is 1. The van der Waals surface area contributed by atoms with Crippen LogP contribution >= 0.6 is 12.2 Å². The molecule has 5 rings (SSSR count). The number of allylic oxidation sites excluding steroid dienone is 2. The number of nitrogens with zero attached hydrogens (tertiary/aromatic N) is 3. The van der Waals surface area contributed by atoms with Crippen LogP contribution < -0.4 is 4.74 Å². The summed E-state index contributed by atoms with van der Waals surface area (Å²) < 4.78 is 5.88. The molecule has 0 spiro atoms. The molecule has 2 aliphatic rings. The van der Waals surface area contributed by atoms with Gasteiger partial charge < -0.3 is 9.64 Å². The van der Waals surface area contributed by atoms with E-state index in [4.69, 9.17) is 17.0 Å². The second kappa shape index (κ2) is 15.2. The van der Waals surface area contributed by atoms with E-state index in [0.717, 1.165) is 18.6 Å². The van der Waals surface area contributed by atoms with Gasteiger partial charge in [0.1, 0.15) is 23.1 Å². The van der Waals surface area contributed by atoms with Crippen LogP contribution in [0.4, 0.5) is 0 Å². The van der Waals surface area contributed by atoms with Crippen molar-refractivity contribution in [3.63, 3.8) is 0 Å². The highest BCUT2D eigenvalue weighted by Crippen LogP contribution is 2.29. The van der Waals surface area contributed by atoms with Crippen LogP contribution in [0.2, 0.25) is 0 Å². The van der Waals surface area contributed by atoms with Crippen molar-refractivity contribution < 1.29 is 19.1 Å². The third-order valence-electron chi connectivity index (χ3n) is 7.91. The summed E-state index contributed by atoms with van der Waals surface area (Å²) in [5.74, 6) is 0.263. The maximum atomic E-state index is 13.4. The Hall–Kier alpha value is -4.21. The molecule has 0 aromatic heterocycles. The van der Waals surface area contributed by atoms with Crippen molar-refractivity contribution in [2.75, 3.05) is 19.6 Å². The standard InChI is InChI=1S/C36H38N3O4S2/c1-3-38-33(40)31(34(41)39(4-2)36(38)44)18-13-25-37-24-12-11-19-32(37)35(42)43-28-20-22-30(23-21-28)45(29-16-9-6-10-17-29)26-27-14-7-5-8-15-27/h5-10,13-18,20-23,25,32H,3-4,11-12,19,24,26H2,1-2H3/q+1/b25-13+. The van der Waals surface area contributed by atoms with Crippen molar-refractivity contribution in [1.29, 1.82) is 0 Å². The highest BCUT2D eigenvalue weighted by atomic mass is 32.2. The van der Waals surface area contributed by atoms with Gasteiger partial charge in [-0.1, -0.05) is 48.5 Å². The number of carbonyl (C=O) groups is 3. The highest BCUT2D eigenvalue weighted by Gasteiger charge is 2.37. The number of benzene rings is 3. The van der Waals surface area contributed by atoms with Gasteiger partial charge in [0.05, 0.1) is 10.9 Å². The molecule has 7 nitrogen and oxygen atoms in total. The first-order valence-electron chi connectivity index (χ1n) is 15.3. The molecule has 2 unspecified atom stereocenters. The summed E-state index contributed by atoms with van der Waals surface area (Å²) in [6, 6.07) is 28.3. The second-order valence-corrected chi connectivity index (χ2v) is 13.2. The molecule has 0 radical (unpaired) electrons. The Labute approximate surface area is 273 Å². The zero-order valence-corrected chi connectivity index (χ0v) is 27.3. The third kappa shape index (κ3) is 7.54. The predicted molar refractivity (Wildman–Crippen MR) is 182 cm³/mol. The summed E-state index contributed by atoms with van der Waals surface area (Å²) >= 11 is 5.34. The van der Waals surface area contributed by atoms with Gasteiger partial charge in [-0.2, -0.15) is 0 Å². The first-order valence-corrected chi connectivity index (χ1v) is 17.1. The van der Waals surface area contributed by atoms with Crippen LogP contribution in [0.1, 0.15) is 38.7 Å². The fraction of sp³-hybridized carbons (Fsp3) is 0.278. The fourth-order valence-electron chi connectivity index (χ4n) is 5.52. The van der Waals surface area contributed by atoms with E-state index in [-0.39, 0.29) is 27.5 Å².